The van der Waals surface area contributed by atoms with Crippen LogP contribution in [0.1, 0.15) is 20.8 Å². The Morgan fingerprint density at radius 3 is 2.61 bits per heavy atom. The Morgan fingerprint density at radius 2 is 2.17 bits per heavy atom. The van der Waals surface area contributed by atoms with Crippen molar-refractivity contribution in [2.75, 3.05) is 27.2 Å². The number of nitrogens with one attached hydrogen (secondary N) is 1. The number of hydrazine groups is 1. The number of amides is 1. The summed E-state index contributed by atoms with van der Waals surface area (Å²) in [6.07, 6.45) is 1.68. The molecule has 0 spiro atoms. The smallest absolute Gasteiger partial charge is 0.410 e. The molecule has 1 heterocycles. The summed E-state index contributed by atoms with van der Waals surface area (Å²) in [6.45, 7) is 6.65. The molecule has 0 aromatic carbocycles. The van der Waals surface area contributed by atoms with E-state index in [0.717, 1.165) is 5.57 Å². The van der Waals surface area contributed by atoms with Crippen molar-refractivity contribution in [2.24, 2.45) is 5.84 Å². The first-order valence-corrected chi connectivity index (χ1v) is 6.04. The van der Waals surface area contributed by atoms with Crippen molar-refractivity contribution in [3.05, 3.63) is 11.8 Å². The highest BCUT2D eigenvalue weighted by Gasteiger charge is 2.32. The van der Waals surface area contributed by atoms with E-state index in [4.69, 9.17) is 10.6 Å². The Hall–Kier alpha value is -1.27. The number of ether oxygens (including phenoxy) is 1. The summed E-state index contributed by atoms with van der Waals surface area (Å²) in [6, 6.07) is -0.0140. The molecule has 1 amide bonds. The first-order chi connectivity index (χ1) is 8.23. The van der Waals surface area contributed by atoms with Crippen LogP contribution in [0.25, 0.3) is 0 Å². The van der Waals surface area contributed by atoms with Gasteiger partial charge in [0.2, 0.25) is 0 Å². The van der Waals surface area contributed by atoms with Crippen LogP contribution in [0.15, 0.2) is 11.8 Å². The van der Waals surface area contributed by atoms with Crippen LogP contribution in [0.2, 0.25) is 0 Å². The van der Waals surface area contributed by atoms with Gasteiger partial charge in [0.15, 0.2) is 0 Å². The molecule has 3 N–H and O–H groups in total. The molecule has 1 unspecified atom stereocenters. The molecule has 0 saturated carbocycles. The van der Waals surface area contributed by atoms with E-state index in [-0.39, 0.29) is 12.1 Å². The van der Waals surface area contributed by atoms with Crippen molar-refractivity contribution in [3.8, 4) is 0 Å². The molecule has 1 fully saturated rings. The maximum absolute atomic E-state index is 11.9. The summed E-state index contributed by atoms with van der Waals surface area (Å²) in [4.78, 5) is 15.5. The zero-order chi connectivity index (χ0) is 13.9. The average Bonchev–Trinajstić information content (AvgIpc) is 2.57. The molecule has 0 aromatic heterocycles. The van der Waals surface area contributed by atoms with Crippen molar-refractivity contribution in [3.63, 3.8) is 0 Å². The van der Waals surface area contributed by atoms with Crippen molar-refractivity contribution >= 4 is 6.09 Å². The van der Waals surface area contributed by atoms with Crippen LogP contribution in [0.5, 0.6) is 0 Å². The largest absolute Gasteiger partial charge is 0.444 e. The van der Waals surface area contributed by atoms with Crippen LogP contribution in [0.3, 0.4) is 0 Å². The monoisotopic (exact) mass is 256 g/mol. The van der Waals surface area contributed by atoms with Gasteiger partial charge in [0.05, 0.1) is 6.04 Å². The number of rotatable bonds is 2. The minimum Gasteiger partial charge on any atom is -0.444 e. The number of hydrogen-bond donors (Lipinski definition) is 2. The van der Waals surface area contributed by atoms with Gasteiger partial charge in [-0.05, 0) is 26.3 Å². The van der Waals surface area contributed by atoms with E-state index in [1.807, 2.05) is 46.0 Å². The normalized spacial score (nSPS) is 22.4. The van der Waals surface area contributed by atoms with E-state index in [1.165, 1.54) is 0 Å². The second kappa shape index (κ2) is 5.58. The summed E-state index contributed by atoms with van der Waals surface area (Å²) in [7, 11) is 3.88. The predicted molar refractivity (Wildman–Crippen MR) is 70.7 cm³/mol. The molecule has 1 saturated heterocycles. The van der Waals surface area contributed by atoms with Crippen molar-refractivity contribution < 1.29 is 9.53 Å². The first-order valence-electron chi connectivity index (χ1n) is 6.04. The zero-order valence-electron chi connectivity index (χ0n) is 11.9. The van der Waals surface area contributed by atoms with Crippen molar-refractivity contribution in [1.82, 2.24) is 15.2 Å². The highest BCUT2D eigenvalue weighted by Crippen LogP contribution is 2.19. The van der Waals surface area contributed by atoms with Gasteiger partial charge in [-0.15, -0.1) is 0 Å². The molecule has 0 bridgehead atoms. The topological polar surface area (TPSA) is 70.8 Å². The lowest BCUT2D eigenvalue weighted by Gasteiger charge is -2.24. The number of carbonyl (C=O) groups is 1. The third-order valence-corrected chi connectivity index (χ3v) is 2.50. The number of carbonyl (C=O) groups excluding carboxylic acids is 1. The van der Waals surface area contributed by atoms with Gasteiger partial charge in [-0.25, -0.2) is 4.79 Å². The Bertz CT molecular complexity index is 333. The fourth-order valence-electron chi connectivity index (χ4n) is 1.82. The molecule has 0 aromatic rings. The average molecular weight is 256 g/mol. The van der Waals surface area contributed by atoms with E-state index in [0.29, 0.717) is 13.1 Å². The molecule has 0 radical (unpaired) electrons. The van der Waals surface area contributed by atoms with E-state index in [9.17, 15) is 4.79 Å². The molecule has 6 nitrogen and oxygen atoms in total. The van der Waals surface area contributed by atoms with Gasteiger partial charge in [0.1, 0.15) is 5.60 Å². The summed E-state index contributed by atoms with van der Waals surface area (Å²) < 4.78 is 5.35. The maximum Gasteiger partial charge on any atom is 0.410 e. The number of nitrogens with zero attached hydrogens (tertiary/aromatic N) is 2. The van der Waals surface area contributed by atoms with Gasteiger partial charge in [-0.1, -0.05) is 0 Å². The Kier molecular flexibility index (Phi) is 4.59. The molecule has 6 heteroatoms. The minimum absolute atomic E-state index is 0.0140. The molecular formula is C12H24N4O2. The van der Waals surface area contributed by atoms with Gasteiger partial charge < -0.3 is 14.5 Å². The number of hydrogen-bond acceptors (Lipinski definition) is 5. The third kappa shape index (κ3) is 4.19. The summed E-state index contributed by atoms with van der Waals surface area (Å²) >= 11 is 0. The molecule has 1 rings (SSSR count). The van der Waals surface area contributed by atoms with E-state index < -0.39 is 5.60 Å². The van der Waals surface area contributed by atoms with Crippen LogP contribution in [-0.2, 0) is 4.74 Å². The fourth-order valence-corrected chi connectivity index (χ4v) is 1.82. The molecule has 18 heavy (non-hydrogen) atoms. The van der Waals surface area contributed by atoms with Gasteiger partial charge in [0, 0.05) is 33.4 Å². The van der Waals surface area contributed by atoms with E-state index in [2.05, 4.69) is 5.43 Å². The van der Waals surface area contributed by atoms with Crippen LogP contribution < -0.4 is 11.3 Å². The van der Waals surface area contributed by atoms with Crippen LogP contribution >= 0.6 is 0 Å². The predicted octanol–water partition coefficient (Wildman–Crippen LogP) is 0.515. The van der Waals surface area contributed by atoms with Crippen LogP contribution in [0, 0.1) is 0 Å². The SMILES string of the molecule is CN(C)/C=C1/CN(C(=O)OC(C)(C)C)CC1NN. The van der Waals surface area contributed by atoms with Crippen molar-refractivity contribution in [1.29, 1.82) is 0 Å². The second-order valence-corrected chi connectivity index (χ2v) is 5.75. The molecule has 104 valence electrons. The lowest BCUT2D eigenvalue weighted by Crippen LogP contribution is -2.40. The van der Waals surface area contributed by atoms with Crippen LogP contribution in [-0.4, -0.2) is 54.7 Å². The lowest BCUT2D eigenvalue weighted by molar-refractivity contribution is 0.0294. The van der Waals surface area contributed by atoms with Crippen molar-refractivity contribution in [2.45, 2.75) is 32.4 Å². The third-order valence-electron chi connectivity index (χ3n) is 2.50. The van der Waals surface area contributed by atoms with E-state index >= 15 is 0 Å². The number of nitrogens with two attached hydrogens (primary N) is 1. The standard InChI is InChI=1S/C12H24N4O2/c1-12(2,3)18-11(17)16-7-9(6-15(4)5)10(8-16)14-13/h6,10,14H,7-8,13H2,1-5H3/b9-6-. The van der Waals surface area contributed by atoms with Gasteiger partial charge in [-0.3, -0.25) is 11.3 Å². The van der Waals surface area contributed by atoms with Gasteiger partial charge in [-0.2, -0.15) is 0 Å². The Labute approximate surface area is 109 Å². The quantitative estimate of drug-likeness (QED) is 0.556. The lowest BCUT2D eigenvalue weighted by atomic mass is 10.2. The van der Waals surface area contributed by atoms with E-state index in [1.54, 1.807) is 4.90 Å². The fraction of sp³-hybridized carbons (Fsp3) is 0.750. The van der Waals surface area contributed by atoms with Crippen LogP contribution in [0.4, 0.5) is 4.79 Å². The maximum atomic E-state index is 11.9. The molecule has 1 aliphatic rings. The molecule has 1 atom stereocenters. The number of likely N-dealkylation sites (tertiary alicyclic amines) is 1. The second-order valence-electron chi connectivity index (χ2n) is 5.75. The summed E-state index contributed by atoms with van der Waals surface area (Å²) in [5, 5.41) is 0. The molecular weight excluding hydrogens is 232 g/mol. The van der Waals surface area contributed by atoms with Gasteiger partial charge >= 0.3 is 6.09 Å². The minimum atomic E-state index is -0.475. The highest BCUT2D eigenvalue weighted by molar-refractivity contribution is 5.69. The highest BCUT2D eigenvalue weighted by atomic mass is 16.6. The molecule has 0 aliphatic carbocycles. The molecule has 1 aliphatic heterocycles. The zero-order valence-corrected chi connectivity index (χ0v) is 11.9. The Balaban J connectivity index is 2.70. The first kappa shape index (κ1) is 14.8. The van der Waals surface area contributed by atoms with Gasteiger partial charge in [0.25, 0.3) is 0 Å². The Morgan fingerprint density at radius 1 is 1.56 bits per heavy atom. The summed E-state index contributed by atoms with van der Waals surface area (Å²) in [5.41, 5.74) is 3.32. The summed E-state index contributed by atoms with van der Waals surface area (Å²) in [5.74, 6) is 5.50.